The lowest BCUT2D eigenvalue weighted by molar-refractivity contribution is -0.152. The Bertz CT molecular complexity index is 222. The monoisotopic (exact) mass is 213 g/mol. The van der Waals surface area contributed by atoms with Gasteiger partial charge in [0.15, 0.2) is 0 Å². The van der Waals surface area contributed by atoms with Crippen LogP contribution in [0.15, 0.2) is 0 Å². The highest BCUT2D eigenvalue weighted by Crippen LogP contribution is 2.27. The predicted octanol–water partition coefficient (Wildman–Crippen LogP) is 2.36. The van der Waals surface area contributed by atoms with Gasteiger partial charge in [-0.15, -0.1) is 0 Å². The number of carboxylic acids is 1. The van der Waals surface area contributed by atoms with E-state index in [-0.39, 0.29) is 0 Å². The third-order valence-electron chi connectivity index (χ3n) is 3.32. The molecule has 0 amide bonds. The van der Waals surface area contributed by atoms with Crippen LogP contribution in [0.3, 0.4) is 0 Å². The zero-order valence-corrected chi connectivity index (χ0v) is 10.1. The van der Waals surface area contributed by atoms with Crippen molar-refractivity contribution in [1.82, 2.24) is 4.90 Å². The molecule has 15 heavy (non-hydrogen) atoms. The minimum atomic E-state index is -0.668. The van der Waals surface area contributed by atoms with Gasteiger partial charge in [0.25, 0.3) is 0 Å². The molecule has 0 bridgehead atoms. The van der Waals surface area contributed by atoms with E-state index in [4.69, 9.17) is 0 Å². The van der Waals surface area contributed by atoms with Gasteiger partial charge < -0.3 is 5.11 Å². The van der Waals surface area contributed by atoms with Crippen molar-refractivity contribution in [2.24, 2.45) is 5.92 Å². The average Bonchev–Trinajstić information content (AvgIpc) is 2.17. The van der Waals surface area contributed by atoms with Crippen LogP contribution in [0.2, 0.25) is 0 Å². The van der Waals surface area contributed by atoms with E-state index in [0.29, 0.717) is 5.92 Å². The third kappa shape index (κ3) is 2.94. The van der Waals surface area contributed by atoms with Crippen molar-refractivity contribution in [2.45, 2.75) is 52.0 Å². The lowest BCUT2D eigenvalue weighted by atomic mass is 9.87. The van der Waals surface area contributed by atoms with E-state index in [1.54, 1.807) is 0 Å². The summed E-state index contributed by atoms with van der Waals surface area (Å²) >= 11 is 0. The topological polar surface area (TPSA) is 40.5 Å². The fourth-order valence-electron chi connectivity index (χ4n) is 2.53. The second kappa shape index (κ2) is 4.97. The molecule has 1 heterocycles. The largest absolute Gasteiger partial charge is 0.480 e. The first-order chi connectivity index (χ1) is 6.97. The number of nitrogens with zero attached hydrogens (tertiary/aromatic N) is 1. The van der Waals surface area contributed by atoms with Gasteiger partial charge in [-0.25, -0.2) is 0 Å². The molecule has 0 saturated carbocycles. The van der Waals surface area contributed by atoms with Gasteiger partial charge in [0.2, 0.25) is 0 Å². The summed E-state index contributed by atoms with van der Waals surface area (Å²) in [5.41, 5.74) is -0.658. The molecule has 1 unspecified atom stereocenters. The first kappa shape index (κ1) is 12.5. The van der Waals surface area contributed by atoms with Gasteiger partial charge in [0, 0.05) is 0 Å². The molecule has 0 aromatic rings. The Morgan fingerprint density at radius 1 is 1.33 bits per heavy atom. The highest BCUT2D eigenvalue weighted by molar-refractivity contribution is 5.78. The standard InChI is InChI=1S/C12H23NO2/c1-10(2)9-12(3,11(14)15)13-7-5-4-6-8-13/h10H,4-9H2,1-3H3,(H,14,15). The molecule has 0 spiro atoms. The summed E-state index contributed by atoms with van der Waals surface area (Å²) in [6.45, 7) is 7.93. The molecular weight excluding hydrogens is 190 g/mol. The highest BCUT2D eigenvalue weighted by atomic mass is 16.4. The summed E-state index contributed by atoms with van der Waals surface area (Å²) in [5.74, 6) is -0.244. The molecule has 3 heteroatoms. The molecule has 0 aromatic carbocycles. The number of hydrogen-bond acceptors (Lipinski definition) is 2. The number of carbonyl (C=O) groups is 1. The lowest BCUT2D eigenvalue weighted by Gasteiger charge is -2.41. The Hall–Kier alpha value is -0.570. The van der Waals surface area contributed by atoms with Gasteiger partial charge in [0.05, 0.1) is 0 Å². The molecule has 88 valence electrons. The van der Waals surface area contributed by atoms with E-state index in [9.17, 15) is 9.90 Å². The van der Waals surface area contributed by atoms with Crippen LogP contribution in [-0.2, 0) is 4.79 Å². The molecule has 1 aliphatic heterocycles. The summed E-state index contributed by atoms with van der Waals surface area (Å²) in [4.78, 5) is 13.6. The second-order valence-electron chi connectivity index (χ2n) is 5.22. The maximum atomic E-state index is 11.4. The molecule has 3 nitrogen and oxygen atoms in total. The van der Waals surface area contributed by atoms with Crippen LogP contribution >= 0.6 is 0 Å². The molecule has 1 N–H and O–H groups in total. The molecule has 1 aliphatic rings. The van der Waals surface area contributed by atoms with E-state index < -0.39 is 11.5 Å². The van der Waals surface area contributed by atoms with Gasteiger partial charge >= 0.3 is 5.97 Å². The third-order valence-corrected chi connectivity index (χ3v) is 3.32. The zero-order valence-electron chi connectivity index (χ0n) is 10.1. The zero-order chi connectivity index (χ0) is 11.5. The van der Waals surface area contributed by atoms with Crippen LogP contribution in [-0.4, -0.2) is 34.6 Å². The van der Waals surface area contributed by atoms with Crippen LogP contribution in [0.5, 0.6) is 0 Å². The van der Waals surface area contributed by atoms with Crippen molar-refractivity contribution in [3.8, 4) is 0 Å². The Morgan fingerprint density at radius 2 is 1.87 bits per heavy atom. The van der Waals surface area contributed by atoms with Gasteiger partial charge in [-0.1, -0.05) is 20.3 Å². The number of piperidine rings is 1. The molecular formula is C12H23NO2. The van der Waals surface area contributed by atoms with E-state index in [0.717, 1.165) is 32.4 Å². The first-order valence-electron chi connectivity index (χ1n) is 5.95. The van der Waals surface area contributed by atoms with Crippen LogP contribution in [0.4, 0.5) is 0 Å². The Balaban J connectivity index is 2.74. The summed E-state index contributed by atoms with van der Waals surface area (Å²) < 4.78 is 0. The SMILES string of the molecule is CC(C)CC(C)(C(=O)O)N1CCCCC1. The smallest absolute Gasteiger partial charge is 0.323 e. The Morgan fingerprint density at radius 3 is 2.27 bits per heavy atom. The molecule has 1 fully saturated rings. The van der Waals surface area contributed by atoms with Crippen LogP contribution < -0.4 is 0 Å². The van der Waals surface area contributed by atoms with Gasteiger partial charge in [0.1, 0.15) is 5.54 Å². The average molecular weight is 213 g/mol. The van der Waals surface area contributed by atoms with Crippen LogP contribution in [0.25, 0.3) is 0 Å². The minimum absolute atomic E-state index is 0.424. The van der Waals surface area contributed by atoms with E-state index in [2.05, 4.69) is 18.7 Å². The normalized spacial score (nSPS) is 22.7. The maximum absolute atomic E-state index is 11.4. The van der Waals surface area contributed by atoms with E-state index in [1.165, 1.54) is 6.42 Å². The lowest BCUT2D eigenvalue weighted by Crippen LogP contribution is -2.54. The summed E-state index contributed by atoms with van der Waals surface area (Å²) in [5, 5.41) is 9.39. The fourth-order valence-corrected chi connectivity index (χ4v) is 2.53. The van der Waals surface area contributed by atoms with E-state index in [1.807, 2.05) is 6.92 Å². The summed E-state index contributed by atoms with van der Waals surface area (Å²) in [6.07, 6.45) is 4.26. The Labute approximate surface area is 92.5 Å². The van der Waals surface area contributed by atoms with Crippen molar-refractivity contribution >= 4 is 5.97 Å². The number of hydrogen-bond donors (Lipinski definition) is 1. The minimum Gasteiger partial charge on any atom is -0.480 e. The van der Waals surface area contributed by atoms with Crippen molar-refractivity contribution in [1.29, 1.82) is 0 Å². The molecule has 1 rings (SSSR count). The Kier molecular flexibility index (Phi) is 4.14. The number of carboxylic acid groups (broad SMARTS) is 1. The molecule has 1 saturated heterocycles. The van der Waals surface area contributed by atoms with Gasteiger partial charge in [-0.3, -0.25) is 9.69 Å². The maximum Gasteiger partial charge on any atom is 0.323 e. The molecule has 0 radical (unpaired) electrons. The molecule has 0 aliphatic carbocycles. The second-order valence-corrected chi connectivity index (χ2v) is 5.22. The summed E-state index contributed by atoms with van der Waals surface area (Å²) in [6, 6.07) is 0. The highest BCUT2D eigenvalue weighted by Gasteiger charge is 2.40. The fraction of sp³-hybridized carbons (Fsp3) is 0.917. The van der Waals surface area contributed by atoms with Crippen molar-refractivity contribution < 1.29 is 9.90 Å². The quantitative estimate of drug-likeness (QED) is 0.779. The number of aliphatic carboxylic acids is 1. The van der Waals surface area contributed by atoms with Crippen LogP contribution in [0.1, 0.15) is 46.5 Å². The first-order valence-corrected chi connectivity index (χ1v) is 5.95. The van der Waals surface area contributed by atoms with Crippen LogP contribution in [0, 0.1) is 5.92 Å². The molecule has 1 atom stereocenters. The van der Waals surface area contributed by atoms with Crippen molar-refractivity contribution in [3.63, 3.8) is 0 Å². The van der Waals surface area contributed by atoms with Crippen molar-refractivity contribution in [3.05, 3.63) is 0 Å². The predicted molar refractivity (Wildman–Crippen MR) is 60.9 cm³/mol. The van der Waals surface area contributed by atoms with E-state index >= 15 is 0 Å². The summed E-state index contributed by atoms with van der Waals surface area (Å²) in [7, 11) is 0. The number of likely N-dealkylation sites (tertiary alicyclic amines) is 1. The molecule has 0 aromatic heterocycles. The van der Waals surface area contributed by atoms with Gasteiger partial charge in [-0.05, 0) is 45.2 Å². The van der Waals surface area contributed by atoms with Gasteiger partial charge in [-0.2, -0.15) is 0 Å². The van der Waals surface area contributed by atoms with Crippen molar-refractivity contribution in [2.75, 3.05) is 13.1 Å². The number of rotatable bonds is 4.